The lowest BCUT2D eigenvalue weighted by atomic mass is 9.98. The van der Waals surface area contributed by atoms with Gasteiger partial charge in [0.05, 0.1) is 6.04 Å². The number of hydrogen-bond donors (Lipinski definition) is 1. The lowest BCUT2D eigenvalue weighted by Crippen LogP contribution is -2.58. The summed E-state index contributed by atoms with van der Waals surface area (Å²) in [5, 5.41) is 0. The predicted octanol–water partition coefficient (Wildman–Crippen LogP) is 2.61. The van der Waals surface area contributed by atoms with E-state index in [-0.39, 0.29) is 30.0 Å². The molecular weight excluding hydrogens is 306 g/mol. The number of amides is 2. The van der Waals surface area contributed by atoms with Crippen LogP contribution in [0.2, 0.25) is 0 Å². The molecule has 2 atom stereocenters. The van der Waals surface area contributed by atoms with E-state index in [1.54, 1.807) is 4.90 Å². The van der Waals surface area contributed by atoms with Crippen molar-refractivity contribution in [1.82, 2.24) is 9.80 Å². The number of hydrogen-bond acceptors (Lipinski definition) is 4. The molecule has 2 N–H and O–H groups in total. The van der Waals surface area contributed by atoms with Crippen molar-refractivity contribution in [1.29, 1.82) is 0 Å². The van der Waals surface area contributed by atoms with Gasteiger partial charge in [0, 0.05) is 25.2 Å². The first-order valence-corrected chi connectivity index (χ1v) is 8.99. The van der Waals surface area contributed by atoms with Crippen molar-refractivity contribution in [3.63, 3.8) is 0 Å². The third-order valence-electron chi connectivity index (χ3n) is 4.26. The summed E-state index contributed by atoms with van der Waals surface area (Å²) >= 11 is 0. The van der Waals surface area contributed by atoms with Crippen molar-refractivity contribution in [2.75, 3.05) is 13.1 Å². The third-order valence-corrected chi connectivity index (χ3v) is 4.26. The van der Waals surface area contributed by atoms with Gasteiger partial charge >= 0.3 is 6.09 Å². The highest BCUT2D eigenvalue weighted by Gasteiger charge is 2.35. The normalized spacial score (nSPS) is 20.2. The van der Waals surface area contributed by atoms with E-state index < -0.39 is 11.6 Å². The molecule has 1 heterocycles. The third kappa shape index (κ3) is 5.65. The largest absolute Gasteiger partial charge is 0.444 e. The number of nitrogens with two attached hydrogens (primary N) is 1. The smallest absolute Gasteiger partial charge is 0.410 e. The van der Waals surface area contributed by atoms with Crippen LogP contribution in [0.4, 0.5) is 4.79 Å². The molecule has 0 spiro atoms. The number of piperidine rings is 1. The van der Waals surface area contributed by atoms with E-state index in [0.717, 1.165) is 12.8 Å². The van der Waals surface area contributed by atoms with Gasteiger partial charge in [-0.1, -0.05) is 13.8 Å². The average molecular weight is 341 g/mol. The molecule has 0 unspecified atom stereocenters. The SMILES string of the molecule is CC(C)[C@H](N)C(=O)N(C(C)C)[C@H]1CCCN(C(=O)OC(C)(C)C)C1. The van der Waals surface area contributed by atoms with Crippen LogP contribution < -0.4 is 5.73 Å². The molecule has 0 aromatic rings. The number of carbonyl (C=O) groups is 2. The summed E-state index contributed by atoms with van der Waals surface area (Å²) in [5.41, 5.74) is 5.57. The minimum absolute atomic E-state index is 0.0106. The van der Waals surface area contributed by atoms with Gasteiger partial charge in [0.15, 0.2) is 0 Å². The molecule has 0 saturated carbocycles. The van der Waals surface area contributed by atoms with E-state index in [1.165, 1.54) is 0 Å². The maximum Gasteiger partial charge on any atom is 0.410 e. The van der Waals surface area contributed by atoms with Gasteiger partial charge in [0.25, 0.3) is 0 Å². The highest BCUT2D eigenvalue weighted by molar-refractivity contribution is 5.82. The summed E-state index contributed by atoms with van der Waals surface area (Å²) in [7, 11) is 0. The maximum atomic E-state index is 12.8. The van der Waals surface area contributed by atoms with Gasteiger partial charge in [-0.3, -0.25) is 4.79 Å². The maximum absolute atomic E-state index is 12.8. The Morgan fingerprint density at radius 2 is 1.79 bits per heavy atom. The van der Waals surface area contributed by atoms with Crippen LogP contribution in [0.5, 0.6) is 0 Å². The van der Waals surface area contributed by atoms with Crippen LogP contribution in [-0.4, -0.2) is 58.6 Å². The molecule has 0 aromatic carbocycles. The van der Waals surface area contributed by atoms with Crippen molar-refractivity contribution in [2.24, 2.45) is 11.7 Å². The summed E-state index contributed by atoms with van der Waals surface area (Å²) in [5.74, 6) is 0.0559. The molecule has 6 nitrogen and oxygen atoms in total. The monoisotopic (exact) mass is 341 g/mol. The van der Waals surface area contributed by atoms with Crippen LogP contribution in [-0.2, 0) is 9.53 Å². The molecule has 6 heteroatoms. The first-order valence-electron chi connectivity index (χ1n) is 8.99. The fraction of sp³-hybridized carbons (Fsp3) is 0.889. The van der Waals surface area contributed by atoms with E-state index in [1.807, 2.05) is 53.4 Å². The van der Waals surface area contributed by atoms with Gasteiger partial charge in [0.1, 0.15) is 5.60 Å². The van der Waals surface area contributed by atoms with E-state index in [0.29, 0.717) is 13.1 Å². The van der Waals surface area contributed by atoms with Gasteiger partial charge in [-0.05, 0) is 53.4 Å². The van der Waals surface area contributed by atoms with Crippen molar-refractivity contribution in [3.8, 4) is 0 Å². The number of ether oxygens (including phenoxy) is 1. The van der Waals surface area contributed by atoms with E-state index >= 15 is 0 Å². The second kappa shape index (κ2) is 8.19. The highest BCUT2D eigenvalue weighted by atomic mass is 16.6. The number of rotatable bonds is 4. The Kier molecular flexibility index (Phi) is 7.08. The standard InChI is InChI=1S/C18H35N3O3/c1-12(2)15(19)16(22)21(13(3)4)14-9-8-10-20(11-14)17(23)24-18(5,6)7/h12-15H,8-11,19H2,1-7H3/t14-,15-/m0/s1. The molecule has 24 heavy (non-hydrogen) atoms. The summed E-state index contributed by atoms with van der Waals surface area (Å²) in [6.07, 6.45) is 1.43. The lowest BCUT2D eigenvalue weighted by Gasteiger charge is -2.42. The molecule has 1 rings (SSSR count). The molecule has 0 bridgehead atoms. The van der Waals surface area contributed by atoms with Crippen LogP contribution in [0.25, 0.3) is 0 Å². The molecule has 1 aliphatic heterocycles. The summed E-state index contributed by atoms with van der Waals surface area (Å²) in [6, 6.07) is -0.473. The van der Waals surface area contributed by atoms with Crippen molar-refractivity contribution < 1.29 is 14.3 Å². The molecule has 0 aromatic heterocycles. The van der Waals surface area contributed by atoms with Gasteiger partial charge in [-0.2, -0.15) is 0 Å². The van der Waals surface area contributed by atoms with Crippen LogP contribution >= 0.6 is 0 Å². The van der Waals surface area contributed by atoms with Crippen molar-refractivity contribution >= 4 is 12.0 Å². The summed E-state index contributed by atoms with van der Waals surface area (Å²) in [6.45, 7) is 14.7. The molecule has 0 aliphatic carbocycles. The van der Waals surface area contributed by atoms with Crippen molar-refractivity contribution in [2.45, 2.75) is 85.0 Å². The fourth-order valence-corrected chi connectivity index (χ4v) is 2.99. The van der Waals surface area contributed by atoms with Crippen LogP contribution in [0, 0.1) is 5.92 Å². The Labute approximate surface area is 146 Å². The molecular formula is C18H35N3O3. The zero-order chi connectivity index (χ0) is 18.7. The number of nitrogens with zero attached hydrogens (tertiary/aromatic N) is 2. The minimum atomic E-state index is -0.516. The molecule has 1 fully saturated rings. The average Bonchev–Trinajstić information content (AvgIpc) is 2.44. The Hall–Kier alpha value is -1.30. The molecule has 2 amide bonds. The quantitative estimate of drug-likeness (QED) is 0.853. The van der Waals surface area contributed by atoms with Gasteiger partial charge < -0.3 is 20.3 Å². The molecule has 0 radical (unpaired) electrons. The second-order valence-corrected chi connectivity index (χ2v) is 8.33. The zero-order valence-electron chi connectivity index (χ0n) is 16.3. The van der Waals surface area contributed by atoms with Gasteiger partial charge in [-0.25, -0.2) is 4.79 Å². The minimum Gasteiger partial charge on any atom is -0.444 e. The van der Waals surface area contributed by atoms with Crippen molar-refractivity contribution in [3.05, 3.63) is 0 Å². The Morgan fingerprint density at radius 3 is 2.25 bits per heavy atom. The van der Waals surface area contributed by atoms with Crippen LogP contribution in [0.15, 0.2) is 0 Å². The van der Waals surface area contributed by atoms with Crippen LogP contribution in [0.1, 0.15) is 61.3 Å². The molecule has 1 saturated heterocycles. The first-order chi connectivity index (χ1) is 10.9. The second-order valence-electron chi connectivity index (χ2n) is 8.33. The summed E-state index contributed by atoms with van der Waals surface area (Å²) in [4.78, 5) is 28.7. The lowest BCUT2D eigenvalue weighted by molar-refractivity contribution is -0.139. The Morgan fingerprint density at radius 1 is 1.21 bits per heavy atom. The van der Waals surface area contributed by atoms with E-state index in [4.69, 9.17) is 10.5 Å². The zero-order valence-corrected chi connectivity index (χ0v) is 16.3. The number of carbonyl (C=O) groups excluding carboxylic acids is 2. The van der Waals surface area contributed by atoms with E-state index in [2.05, 4.69) is 0 Å². The van der Waals surface area contributed by atoms with Gasteiger partial charge in [-0.15, -0.1) is 0 Å². The summed E-state index contributed by atoms with van der Waals surface area (Å²) < 4.78 is 5.47. The molecule has 140 valence electrons. The Balaban J connectivity index is 2.85. The van der Waals surface area contributed by atoms with E-state index in [9.17, 15) is 9.59 Å². The fourth-order valence-electron chi connectivity index (χ4n) is 2.99. The molecule has 1 aliphatic rings. The highest BCUT2D eigenvalue weighted by Crippen LogP contribution is 2.22. The topological polar surface area (TPSA) is 75.9 Å². The van der Waals surface area contributed by atoms with Crippen LogP contribution in [0.3, 0.4) is 0 Å². The predicted molar refractivity (Wildman–Crippen MR) is 95.6 cm³/mol. The number of likely N-dealkylation sites (tertiary alicyclic amines) is 1. The van der Waals surface area contributed by atoms with Gasteiger partial charge in [0.2, 0.25) is 5.91 Å². The first kappa shape index (κ1) is 20.7. The Bertz CT molecular complexity index is 443.